The molecule has 9 heteroatoms. The van der Waals surface area contributed by atoms with Crippen molar-refractivity contribution >= 4 is 24.3 Å². The van der Waals surface area contributed by atoms with Gasteiger partial charge in [0.1, 0.15) is 17.5 Å². The predicted octanol–water partition coefficient (Wildman–Crippen LogP) is 0.783. The molecule has 2 aromatic heterocycles. The highest BCUT2D eigenvalue weighted by atomic mass is 31.2. The van der Waals surface area contributed by atoms with Gasteiger partial charge in [-0.2, -0.15) is 0 Å². The number of nitrogens with zero attached hydrogens (tertiary/aromatic N) is 3. The van der Waals surface area contributed by atoms with Crippen molar-refractivity contribution in [2.24, 2.45) is 5.92 Å². The number of imidazole rings is 1. The van der Waals surface area contributed by atoms with Gasteiger partial charge in [0.05, 0.1) is 12.4 Å². The molecule has 1 saturated heterocycles. The normalized spacial score (nSPS) is 30.8. The topological polar surface area (TPSA) is 113 Å². The van der Waals surface area contributed by atoms with Crippen LogP contribution in [0.5, 0.6) is 0 Å². The Kier molecular flexibility index (Phi) is 4.68. The molecule has 3 N–H and O–H groups in total. The van der Waals surface area contributed by atoms with Crippen LogP contribution in [0.25, 0.3) is 11.2 Å². The van der Waals surface area contributed by atoms with Crippen LogP contribution >= 0.6 is 6.89 Å². The number of ether oxygens (including phenoxy) is 1. The number of aliphatic hydroxyl groups excluding tert-OH is 1. The number of fused-ring (bicyclic) bond motifs is 1. The van der Waals surface area contributed by atoms with E-state index < -0.39 is 30.9 Å². The third-order valence-electron chi connectivity index (χ3n) is 4.84. The fraction of sp³-hybridized carbons (Fsp3) is 0.647. The zero-order valence-corrected chi connectivity index (χ0v) is 16.7. The Morgan fingerprint density at radius 2 is 2.19 bits per heavy atom. The van der Waals surface area contributed by atoms with Crippen molar-refractivity contribution in [2.45, 2.75) is 44.8 Å². The highest BCUT2D eigenvalue weighted by molar-refractivity contribution is 7.72. The van der Waals surface area contributed by atoms with Crippen molar-refractivity contribution < 1.29 is 14.9 Å². The van der Waals surface area contributed by atoms with Crippen LogP contribution in [0.15, 0.2) is 11.1 Å². The molecule has 5 atom stereocenters. The molecule has 1 unspecified atom stereocenters. The summed E-state index contributed by atoms with van der Waals surface area (Å²) in [4.78, 5) is 23.1. The molecule has 8 nitrogen and oxygen atoms in total. The molecule has 3 heterocycles. The minimum absolute atomic E-state index is 0.0233. The molecule has 3 rings (SSSR count). The molecule has 1 aliphatic rings. The van der Waals surface area contributed by atoms with E-state index in [-0.39, 0.29) is 17.0 Å². The molecular weight excluding hydrogens is 355 g/mol. The van der Waals surface area contributed by atoms with E-state index in [2.05, 4.69) is 34.6 Å². The average molecular weight is 382 g/mol. The van der Waals surface area contributed by atoms with Crippen LogP contribution in [0.2, 0.25) is 0 Å². The predicted molar refractivity (Wildman–Crippen MR) is 103 cm³/mol. The fourth-order valence-electron chi connectivity index (χ4n) is 3.72. The van der Waals surface area contributed by atoms with Crippen molar-refractivity contribution in [3.8, 4) is 0 Å². The highest BCUT2D eigenvalue weighted by Crippen LogP contribution is 2.45. The fourth-order valence-corrected chi connectivity index (χ4v) is 5.49. The number of aryl methyl sites for hydroxylation is 1. The van der Waals surface area contributed by atoms with E-state index in [4.69, 9.17) is 4.74 Å². The first-order valence-electron chi connectivity index (χ1n) is 8.58. The van der Waals surface area contributed by atoms with Crippen LogP contribution in [0.4, 0.5) is 0 Å². The highest BCUT2D eigenvalue weighted by Gasteiger charge is 2.54. The van der Waals surface area contributed by atoms with Gasteiger partial charge < -0.3 is 19.9 Å². The van der Waals surface area contributed by atoms with Gasteiger partial charge in [0.25, 0.3) is 5.56 Å². The summed E-state index contributed by atoms with van der Waals surface area (Å²) in [5.74, 6) is 0.464. The molecule has 0 spiro atoms. The van der Waals surface area contributed by atoms with E-state index >= 15 is 0 Å². The molecule has 26 heavy (non-hydrogen) atoms. The molecule has 0 bridgehead atoms. The van der Waals surface area contributed by atoms with E-state index in [1.54, 1.807) is 6.92 Å². The summed E-state index contributed by atoms with van der Waals surface area (Å²) < 4.78 is 7.62. The standard InChI is InChI=1S/C17H27N4O4P/c1-9(7-26(4,5)6)12-13(22)17(3,24)16(25-12)21-8-18-11-14(21)19-10(2)20-15(11)23/h8-9,12-13,16,22,24H,4,7H2,1-3,5-6H3,(H,19,20,23)/t9?,12-,13-,16-,17-/m1/s1. The number of aliphatic hydroxyl groups is 2. The van der Waals surface area contributed by atoms with Crippen molar-refractivity contribution in [1.82, 2.24) is 19.5 Å². The second kappa shape index (κ2) is 6.30. The number of hydrogen-bond donors (Lipinski definition) is 3. The third kappa shape index (κ3) is 3.27. The third-order valence-corrected chi connectivity index (χ3v) is 6.41. The minimum Gasteiger partial charge on any atom is -0.387 e. The second-order valence-corrected chi connectivity index (χ2v) is 12.4. The lowest BCUT2D eigenvalue weighted by atomic mass is 9.91. The summed E-state index contributed by atoms with van der Waals surface area (Å²) in [6.45, 7) is 8.13. The Bertz CT molecular complexity index is 928. The number of aromatic amines is 1. The van der Waals surface area contributed by atoms with Gasteiger partial charge in [0, 0.05) is 0 Å². The summed E-state index contributed by atoms with van der Waals surface area (Å²) in [5, 5.41) is 21.7. The monoisotopic (exact) mass is 382 g/mol. The second-order valence-electron chi connectivity index (χ2n) is 8.19. The Balaban J connectivity index is 2.01. The summed E-state index contributed by atoms with van der Waals surface area (Å²) in [7, 11) is 0. The first-order chi connectivity index (χ1) is 11.9. The molecule has 144 valence electrons. The Morgan fingerprint density at radius 1 is 1.54 bits per heavy atom. The van der Waals surface area contributed by atoms with Crippen molar-refractivity contribution in [2.75, 3.05) is 19.5 Å². The van der Waals surface area contributed by atoms with Gasteiger partial charge in [-0.1, -0.05) is 6.92 Å². The summed E-state index contributed by atoms with van der Waals surface area (Å²) >= 11 is 0. The molecule has 0 aromatic carbocycles. The number of hydrogen-bond acceptors (Lipinski definition) is 6. The largest absolute Gasteiger partial charge is 0.387 e. The zero-order chi connectivity index (χ0) is 19.4. The maximum Gasteiger partial charge on any atom is 0.279 e. The van der Waals surface area contributed by atoms with Crippen molar-refractivity contribution in [1.29, 1.82) is 0 Å². The quantitative estimate of drug-likeness (QED) is 0.674. The van der Waals surface area contributed by atoms with E-state index in [1.165, 1.54) is 17.8 Å². The van der Waals surface area contributed by atoms with Crippen LogP contribution in [-0.4, -0.2) is 73.3 Å². The first-order valence-corrected chi connectivity index (χ1v) is 11.6. The van der Waals surface area contributed by atoms with E-state index in [0.717, 1.165) is 6.16 Å². The van der Waals surface area contributed by atoms with Gasteiger partial charge in [0.2, 0.25) is 0 Å². The zero-order valence-electron chi connectivity index (χ0n) is 15.8. The maximum absolute atomic E-state index is 12.1. The first kappa shape index (κ1) is 19.3. The molecule has 0 amide bonds. The lowest BCUT2D eigenvalue weighted by molar-refractivity contribution is -0.0950. The Labute approximate surface area is 152 Å². The average Bonchev–Trinajstić information content (AvgIpc) is 2.98. The van der Waals surface area contributed by atoms with Gasteiger partial charge in [0.15, 0.2) is 17.4 Å². The number of H-pyrrole nitrogens is 1. The van der Waals surface area contributed by atoms with Crippen LogP contribution in [-0.2, 0) is 4.74 Å². The SMILES string of the molecule is C=P(C)(C)CC(C)[C@H]1O[C@@H](n2cnc3c(=O)[nH]c(C)nc32)[C@](C)(O)[C@@H]1O. The van der Waals surface area contributed by atoms with E-state index in [1.807, 2.05) is 6.92 Å². The van der Waals surface area contributed by atoms with Gasteiger partial charge >= 0.3 is 0 Å². The molecule has 0 aliphatic carbocycles. The summed E-state index contributed by atoms with van der Waals surface area (Å²) in [6, 6.07) is 0. The molecule has 2 aromatic rings. The molecule has 0 saturated carbocycles. The molecule has 1 aliphatic heterocycles. The summed E-state index contributed by atoms with van der Waals surface area (Å²) in [5.41, 5.74) is -1.40. The van der Waals surface area contributed by atoms with Gasteiger partial charge in [-0.3, -0.25) is 9.36 Å². The van der Waals surface area contributed by atoms with Gasteiger partial charge in [-0.15, -0.1) is 13.2 Å². The van der Waals surface area contributed by atoms with Crippen LogP contribution in [0, 0.1) is 12.8 Å². The van der Waals surface area contributed by atoms with Gasteiger partial charge in [-0.05, 0) is 39.3 Å². The lowest BCUT2D eigenvalue weighted by Crippen LogP contribution is -2.45. The smallest absolute Gasteiger partial charge is 0.279 e. The van der Waals surface area contributed by atoms with Crippen molar-refractivity contribution in [3.63, 3.8) is 0 Å². The number of nitrogens with one attached hydrogen (secondary N) is 1. The maximum atomic E-state index is 12.1. The van der Waals surface area contributed by atoms with Gasteiger partial charge in [-0.25, -0.2) is 9.97 Å². The number of rotatable bonds is 4. The van der Waals surface area contributed by atoms with Crippen molar-refractivity contribution in [3.05, 3.63) is 22.5 Å². The lowest BCUT2D eigenvalue weighted by Gasteiger charge is -2.28. The Hall–Kier alpha value is -1.47. The molecule has 0 radical (unpaired) electrons. The van der Waals surface area contributed by atoms with Crippen LogP contribution < -0.4 is 5.56 Å². The van der Waals surface area contributed by atoms with Crippen LogP contribution in [0.1, 0.15) is 25.9 Å². The van der Waals surface area contributed by atoms with E-state index in [0.29, 0.717) is 11.5 Å². The molecule has 1 fully saturated rings. The number of aromatic nitrogens is 4. The summed E-state index contributed by atoms with van der Waals surface area (Å²) in [6.07, 6.45) is 3.96. The van der Waals surface area contributed by atoms with E-state index in [9.17, 15) is 15.0 Å². The molecular formula is C17H27N4O4P. The Morgan fingerprint density at radius 3 is 2.81 bits per heavy atom. The minimum atomic E-state index is -1.55. The van der Waals surface area contributed by atoms with Crippen LogP contribution in [0.3, 0.4) is 0 Å².